The van der Waals surface area contributed by atoms with Crippen molar-refractivity contribution >= 4 is 50.6 Å². The number of rotatable bonds is 5. The number of para-hydroxylation sites is 1. The number of nitro benzene ring substituents is 1. The number of carbonyl (C=O) groups excluding carboxylic acids is 1. The van der Waals surface area contributed by atoms with Crippen LogP contribution in [0, 0.1) is 10.1 Å². The van der Waals surface area contributed by atoms with Crippen LogP contribution in [-0.4, -0.2) is 15.8 Å². The molecule has 1 amide bonds. The van der Waals surface area contributed by atoms with Gasteiger partial charge in [0.25, 0.3) is 5.69 Å². The monoisotopic (exact) mass is 359 g/mol. The Morgan fingerprint density at radius 3 is 2.83 bits per heavy atom. The highest BCUT2D eigenvalue weighted by molar-refractivity contribution is 8.01. The third-order valence-corrected chi connectivity index (χ3v) is 5.25. The molecule has 24 heavy (non-hydrogen) atoms. The molecule has 0 unspecified atom stereocenters. The van der Waals surface area contributed by atoms with Gasteiger partial charge in [0.1, 0.15) is 0 Å². The number of nitro groups is 1. The van der Waals surface area contributed by atoms with Gasteiger partial charge in [-0.05, 0) is 18.2 Å². The van der Waals surface area contributed by atoms with E-state index in [9.17, 15) is 14.9 Å². The molecule has 0 radical (unpaired) electrons. The van der Waals surface area contributed by atoms with Crippen LogP contribution in [0.5, 0.6) is 0 Å². The summed E-state index contributed by atoms with van der Waals surface area (Å²) < 4.78 is 1.86. The minimum Gasteiger partial charge on any atom is -0.326 e. The van der Waals surface area contributed by atoms with Crippen molar-refractivity contribution in [3.05, 3.63) is 52.6 Å². The summed E-state index contributed by atoms with van der Waals surface area (Å²) in [5, 5.41) is 13.8. The minimum atomic E-state index is -0.468. The predicted molar refractivity (Wildman–Crippen MR) is 95.8 cm³/mol. The summed E-state index contributed by atoms with van der Waals surface area (Å²) in [4.78, 5) is 27.4. The number of amides is 1. The standard InChI is InChI=1S/C16H13N3O3S2/c1-2-15(20)17-10-7-11(19(21)22)9-12(8-10)23-16-18-13-5-3-4-6-14(13)24-16/h3-9H,2H2,1H3,(H,17,20). The first kappa shape index (κ1) is 16.4. The van der Waals surface area contributed by atoms with Crippen molar-refractivity contribution < 1.29 is 9.72 Å². The molecule has 0 saturated heterocycles. The Kier molecular flexibility index (Phi) is 4.77. The molecule has 0 saturated carbocycles. The first-order chi connectivity index (χ1) is 11.5. The highest BCUT2D eigenvalue weighted by atomic mass is 32.2. The molecular formula is C16H13N3O3S2. The first-order valence-corrected chi connectivity index (χ1v) is 8.81. The Bertz CT molecular complexity index is 891. The van der Waals surface area contributed by atoms with E-state index >= 15 is 0 Å². The van der Waals surface area contributed by atoms with E-state index in [4.69, 9.17) is 0 Å². The molecule has 3 aromatic rings. The fraction of sp³-hybridized carbons (Fsp3) is 0.125. The van der Waals surface area contributed by atoms with E-state index in [1.165, 1.54) is 35.2 Å². The second kappa shape index (κ2) is 6.98. The molecule has 0 spiro atoms. The molecule has 6 nitrogen and oxygen atoms in total. The molecule has 0 aliphatic heterocycles. The minimum absolute atomic E-state index is 0.0625. The molecule has 1 N–H and O–H groups in total. The molecule has 0 fully saturated rings. The van der Waals surface area contributed by atoms with Gasteiger partial charge in [0.2, 0.25) is 5.91 Å². The number of aromatic nitrogens is 1. The summed E-state index contributed by atoms with van der Waals surface area (Å²) >= 11 is 2.87. The van der Waals surface area contributed by atoms with Crippen molar-refractivity contribution in [2.45, 2.75) is 22.6 Å². The van der Waals surface area contributed by atoms with Crippen LogP contribution in [0.4, 0.5) is 11.4 Å². The second-order valence-corrected chi connectivity index (χ2v) is 7.28. The summed E-state index contributed by atoms with van der Waals surface area (Å²) in [6, 6.07) is 12.3. The van der Waals surface area contributed by atoms with Gasteiger partial charge in [-0.25, -0.2) is 4.98 Å². The van der Waals surface area contributed by atoms with Crippen LogP contribution in [-0.2, 0) is 4.79 Å². The second-order valence-electron chi connectivity index (χ2n) is 4.92. The summed E-state index contributed by atoms with van der Waals surface area (Å²) in [6.45, 7) is 1.73. The lowest BCUT2D eigenvalue weighted by atomic mass is 10.2. The van der Waals surface area contributed by atoms with Crippen LogP contribution >= 0.6 is 23.1 Å². The maximum Gasteiger partial charge on any atom is 0.272 e. The third kappa shape index (κ3) is 3.72. The van der Waals surface area contributed by atoms with Crippen LogP contribution < -0.4 is 5.32 Å². The maximum atomic E-state index is 11.6. The number of non-ortho nitro benzene ring substituents is 1. The number of thiazole rings is 1. The van der Waals surface area contributed by atoms with Crippen LogP contribution in [0.15, 0.2) is 51.7 Å². The summed E-state index contributed by atoms with van der Waals surface area (Å²) in [5.41, 5.74) is 1.25. The lowest BCUT2D eigenvalue weighted by Crippen LogP contribution is -2.09. The molecule has 0 aliphatic rings. The zero-order valence-electron chi connectivity index (χ0n) is 12.7. The predicted octanol–water partition coefficient (Wildman–Crippen LogP) is 4.70. The van der Waals surface area contributed by atoms with Gasteiger partial charge in [-0.1, -0.05) is 30.8 Å². The Labute approximate surface area is 146 Å². The number of carbonyl (C=O) groups is 1. The van der Waals surface area contributed by atoms with Gasteiger partial charge in [0.05, 0.1) is 15.1 Å². The van der Waals surface area contributed by atoms with Crippen molar-refractivity contribution in [3.63, 3.8) is 0 Å². The van der Waals surface area contributed by atoms with E-state index < -0.39 is 4.92 Å². The van der Waals surface area contributed by atoms with Crippen molar-refractivity contribution in [2.24, 2.45) is 0 Å². The van der Waals surface area contributed by atoms with Gasteiger partial charge in [-0.3, -0.25) is 14.9 Å². The van der Waals surface area contributed by atoms with E-state index in [1.807, 2.05) is 24.3 Å². The highest BCUT2D eigenvalue weighted by Gasteiger charge is 2.13. The Morgan fingerprint density at radius 2 is 2.12 bits per heavy atom. The van der Waals surface area contributed by atoms with Crippen molar-refractivity contribution in [2.75, 3.05) is 5.32 Å². The molecule has 0 bridgehead atoms. The number of nitrogens with zero attached hydrogens (tertiary/aromatic N) is 2. The molecule has 3 rings (SSSR count). The summed E-state index contributed by atoms with van der Waals surface area (Å²) in [5.74, 6) is -0.188. The number of fused-ring (bicyclic) bond motifs is 1. The van der Waals surface area contributed by atoms with E-state index in [0.717, 1.165) is 14.6 Å². The molecule has 2 aromatic carbocycles. The van der Waals surface area contributed by atoms with Crippen molar-refractivity contribution in [1.82, 2.24) is 4.98 Å². The van der Waals surface area contributed by atoms with Gasteiger partial charge in [-0.2, -0.15) is 0 Å². The molecule has 122 valence electrons. The number of hydrogen-bond acceptors (Lipinski definition) is 6. The Morgan fingerprint density at radius 1 is 1.33 bits per heavy atom. The van der Waals surface area contributed by atoms with Gasteiger partial charge in [-0.15, -0.1) is 11.3 Å². The number of anilines is 1. The van der Waals surface area contributed by atoms with E-state index in [-0.39, 0.29) is 11.6 Å². The summed E-state index contributed by atoms with van der Waals surface area (Å²) in [7, 11) is 0. The number of benzene rings is 2. The Hall–Kier alpha value is -2.45. The van der Waals surface area contributed by atoms with Gasteiger partial charge in [0, 0.05) is 29.1 Å². The zero-order valence-corrected chi connectivity index (χ0v) is 14.3. The van der Waals surface area contributed by atoms with Crippen molar-refractivity contribution in [1.29, 1.82) is 0 Å². The van der Waals surface area contributed by atoms with Crippen LogP contribution in [0.25, 0.3) is 10.2 Å². The molecular weight excluding hydrogens is 346 g/mol. The maximum absolute atomic E-state index is 11.6. The van der Waals surface area contributed by atoms with E-state index in [0.29, 0.717) is 17.0 Å². The van der Waals surface area contributed by atoms with Gasteiger partial charge in [0.15, 0.2) is 4.34 Å². The molecule has 1 aromatic heterocycles. The molecule has 0 atom stereocenters. The zero-order chi connectivity index (χ0) is 17.1. The average Bonchev–Trinajstić information content (AvgIpc) is 2.96. The largest absolute Gasteiger partial charge is 0.326 e. The van der Waals surface area contributed by atoms with Crippen LogP contribution in [0.1, 0.15) is 13.3 Å². The fourth-order valence-corrected chi connectivity index (χ4v) is 4.20. The highest BCUT2D eigenvalue weighted by Crippen LogP contribution is 2.37. The first-order valence-electron chi connectivity index (χ1n) is 7.18. The van der Waals surface area contributed by atoms with Crippen molar-refractivity contribution in [3.8, 4) is 0 Å². The molecule has 8 heteroatoms. The average molecular weight is 359 g/mol. The SMILES string of the molecule is CCC(=O)Nc1cc(Sc2nc3ccccc3s2)cc([N+](=O)[O-])c1. The smallest absolute Gasteiger partial charge is 0.272 e. The topological polar surface area (TPSA) is 85.1 Å². The van der Waals surface area contributed by atoms with Crippen LogP contribution in [0.2, 0.25) is 0 Å². The fourth-order valence-electron chi connectivity index (χ4n) is 2.06. The lowest BCUT2D eigenvalue weighted by molar-refractivity contribution is -0.385. The van der Waals surface area contributed by atoms with Gasteiger partial charge < -0.3 is 5.32 Å². The number of nitrogens with one attached hydrogen (secondary N) is 1. The normalized spacial score (nSPS) is 10.7. The molecule has 0 aliphatic carbocycles. The van der Waals surface area contributed by atoms with E-state index in [1.54, 1.807) is 13.0 Å². The number of hydrogen-bond donors (Lipinski definition) is 1. The quantitative estimate of drug-likeness (QED) is 0.527. The lowest BCUT2D eigenvalue weighted by Gasteiger charge is -2.06. The Balaban J connectivity index is 1.93. The third-order valence-electron chi connectivity index (χ3n) is 3.19. The molecule has 1 heterocycles. The van der Waals surface area contributed by atoms with Crippen LogP contribution in [0.3, 0.4) is 0 Å². The van der Waals surface area contributed by atoms with Gasteiger partial charge >= 0.3 is 0 Å². The van der Waals surface area contributed by atoms with E-state index in [2.05, 4.69) is 10.3 Å². The summed E-state index contributed by atoms with van der Waals surface area (Å²) in [6.07, 6.45) is 0.309.